The second kappa shape index (κ2) is 10.3. The lowest BCUT2D eigenvalue weighted by Crippen LogP contribution is -2.24. The van der Waals surface area contributed by atoms with Crippen molar-refractivity contribution in [3.8, 4) is 11.5 Å². The van der Waals surface area contributed by atoms with Gasteiger partial charge in [-0.2, -0.15) is 15.3 Å². The van der Waals surface area contributed by atoms with Crippen LogP contribution in [0.25, 0.3) is 0 Å². The van der Waals surface area contributed by atoms with E-state index in [1.54, 1.807) is 12.1 Å². The van der Waals surface area contributed by atoms with Gasteiger partial charge >= 0.3 is 0 Å². The van der Waals surface area contributed by atoms with Gasteiger partial charge in [0.2, 0.25) is 0 Å². The van der Waals surface area contributed by atoms with Gasteiger partial charge in [0, 0.05) is 5.56 Å². The number of hydrogen-bond acceptors (Lipinski definition) is 6. The third-order valence-corrected chi connectivity index (χ3v) is 4.74. The Morgan fingerprint density at radius 2 is 1.56 bits per heavy atom. The number of hydrazone groups is 1. The van der Waals surface area contributed by atoms with Crippen molar-refractivity contribution in [2.45, 2.75) is 27.7 Å². The molecule has 0 aliphatic carbocycles. The van der Waals surface area contributed by atoms with Gasteiger partial charge < -0.3 is 9.84 Å². The van der Waals surface area contributed by atoms with Gasteiger partial charge in [-0.15, -0.1) is 0 Å². The summed E-state index contributed by atoms with van der Waals surface area (Å²) in [7, 11) is 0. The van der Waals surface area contributed by atoms with E-state index in [9.17, 15) is 9.90 Å². The average molecular weight is 431 g/mol. The molecule has 2 N–H and O–H groups in total. The molecule has 0 bridgehead atoms. The van der Waals surface area contributed by atoms with Gasteiger partial charge in [0.25, 0.3) is 5.91 Å². The molecule has 7 heteroatoms. The number of carbonyl (C=O) groups is 1. The van der Waals surface area contributed by atoms with E-state index in [1.165, 1.54) is 17.8 Å². The molecule has 32 heavy (non-hydrogen) atoms. The summed E-state index contributed by atoms with van der Waals surface area (Å²) >= 11 is 0. The molecule has 0 fully saturated rings. The summed E-state index contributed by atoms with van der Waals surface area (Å²) in [5.41, 5.74) is 8.52. The fourth-order valence-corrected chi connectivity index (χ4v) is 2.98. The molecule has 164 valence electrons. The van der Waals surface area contributed by atoms with Crippen molar-refractivity contribution in [1.82, 2.24) is 5.43 Å². The van der Waals surface area contributed by atoms with Crippen LogP contribution < -0.4 is 10.2 Å². The minimum Gasteiger partial charge on any atom is -0.507 e. The Balaban J connectivity index is 1.59. The molecule has 1 amide bonds. The maximum absolute atomic E-state index is 12.0. The first-order valence-electron chi connectivity index (χ1n) is 10.1. The first-order valence-corrected chi connectivity index (χ1v) is 10.1. The molecule has 0 heterocycles. The molecule has 0 spiro atoms. The number of carbonyl (C=O) groups excluding carboxylic acids is 1. The molecule has 0 radical (unpaired) electrons. The van der Waals surface area contributed by atoms with Crippen molar-refractivity contribution < 1.29 is 14.6 Å². The van der Waals surface area contributed by atoms with Gasteiger partial charge in [0.05, 0.1) is 17.6 Å². The molecule has 0 atom stereocenters. The van der Waals surface area contributed by atoms with Crippen molar-refractivity contribution in [2.24, 2.45) is 15.3 Å². The molecule has 0 aliphatic heterocycles. The number of benzene rings is 3. The number of aryl methyl sites for hydroxylation is 4. The Labute approximate surface area is 187 Å². The molecule has 3 rings (SSSR count). The topological polar surface area (TPSA) is 95.6 Å². The summed E-state index contributed by atoms with van der Waals surface area (Å²) in [6, 6.07) is 16.4. The summed E-state index contributed by atoms with van der Waals surface area (Å²) < 4.78 is 5.50. The second-order valence-electron chi connectivity index (χ2n) is 7.62. The third kappa shape index (κ3) is 6.50. The highest BCUT2D eigenvalue weighted by atomic mass is 16.5. The molecular formula is C25H26N4O3. The molecule has 3 aromatic carbocycles. The highest BCUT2D eigenvalue weighted by molar-refractivity contribution is 5.86. The van der Waals surface area contributed by atoms with Crippen LogP contribution in [0.2, 0.25) is 0 Å². The minimum absolute atomic E-state index is 0.0135. The van der Waals surface area contributed by atoms with Crippen molar-refractivity contribution >= 4 is 23.5 Å². The van der Waals surface area contributed by atoms with Gasteiger partial charge in [0.1, 0.15) is 11.5 Å². The zero-order valence-corrected chi connectivity index (χ0v) is 18.6. The lowest BCUT2D eigenvalue weighted by atomic mass is 10.1. The predicted octanol–water partition coefficient (Wildman–Crippen LogP) is 5.57. The summed E-state index contributed by atoms with van der Waals surface area (Å²) in [6.07, 6.45) is 1.35. The monoisotopic (exact) mass is 430 g/mol. The van der Waals surface area contributed by atoms with Gasteiger partial charge in [-0.25, -0.2) is 5.43 Å². The molecular weight excluding hydrogens is 404 g/mol. The lowest BCUT2D eigenvalue weighted by Gasteiger charge is -2.07. The van der Waals surface area contributed by atoms with Crippen LogP contribution in [0.1, 0.15) is 27.8 Å². The molecule has 0 aromatic heterocycles. The quantitative estimate of drug-likeness (QED) is 0.291. The van der Waals surface area contributed by atoms with E-state index in [4.69, 9.17) is 4.74 Å². The maximum atomic E-state index is 12.0. The summed E-state index contributed by atoms with van der Waals surface area (Å²) in [5, 5.41) is 22.4. The molecule has 0 saturated heterocycles. The number of phenolic OH excluding ortho intramolecular Hbond substituents is 1. The predicted molar refractivity (Wildman–Crippen MR) is 125 cm³/mol. The number of hydrogen-bond donors (Lipinski definition) is 2. The number of ether oxygens (including phenoxy) is 1. The van der Waals surface area contributed by atoms with Crippen LogP contribution in [-0.4, -0.2) is 23.8 Å². The largest absolute Gasteiger partial charge is 0.507 e. The first-order chi connectivity index (χ1) is 15.3. The average Bonchev–Trinajstić information content (AvgIpc) is 2.74. The SMILES string of the molecule is Cc1cc(C)cc(OCC(=O)NN=Cc2cc(N=Nc3ccc(C)c(C)c3)ccc2O)c1. The Hall–Kier alpha value is -4.00. The fraction of sp³-hybridized carbons (Fsp3) is 0.200. The van der Waals surface area contributed by atoms with Crippen LogP contribution in [0.5, 0.6) is 11.5 Å². The van der Waals surface area contributed by atoms with E-state index >= 15 is 0 Å². The zero-order valence-electron chi connectivity index (χ0n) is 18.6. The summed E-state index contributed by atoms with van der Waals surface area (Å²) in [5.74, 6) is 0.228. The fourth-order valence-electron chi connectivity index (χ4n) is 2.98. The highest BCUT2D eigenvalue weighted by Crippen LogP contribution is 2.25. The number of azo groups is 1. The number of rotatable bonds is 7. The van der Waals surface area contributed by atoms with Crippen molar-refractivity contribution in [1.29, 1.82) is 0 Å². The van der Waals surface area contributed by atoms with E-state index in [1.807, 2.05) is 64.1 Å². The Bertz CT molecular complexity index is 1170. The van der Waals surface area contributed by atoms with Crippen LogP contribution in [0.4, 0.5) is 11.4 Å². The van der Waals surface area contributed by atoms with Gasteiger partial charge in [0.15, 0.2) is 6.61 Å². The van der Waals surface area contributed by atoms with E-state index in [-0.39, 0.29) is 12.4 Å². The molecule has 0 aliphatic rings. The summed E-state index contributed by atoms with van der Waals surface area (Å²) in [6.45, 7) is 7.82. The summed E-state index contributed by atoms with van der Waals surface area (Å²) in [4.78, 5) is 12.0. The Kier molecular flexibility index (Phi) is 7.33. The molecule has 7 nitrogen and oxygen atoms in total. The van der Waals surface area contributed by atoms with Crippen LogP contribution in [0.15, 0.2) is 69.9 Å². The van der Waals surface area contributed by atoms with Crippen molar-refractivity contribution in [3.05, 3.63) is 82.4 Å². The Morgan fingerprint density at radius 3 is 2.25 bits per heavy atom. The van der Waals surface area contributed by atoms with Crippen molar-refractivity contribution in [3.63, 3.8) is 0 Å². The highest BCUT2D eigenvalue weighted by Gasteiger charge is 2.04. The zero-order chi connectivity index (χ0) is 23.1. The molecule has 3 aromatic rings. The molecule has 0 unspecified atom stereocenters. The van der Waals surface area contributed by atoms with Crippen LogP contribution in [0, 0.1) is 27.7 Å². The third-order valence-electron chi connectivity index (χ3n) is 4.74. The number of phenols is 1. The van der Waals surface area contributed by atoms with Gasteiger partial charge in [-0.3, -0.25) is 4.79 Å². The van der Waals surface area contributed by atoms with Gasteiger partial charge in [-0.05, 0) is 92.4 Å². The van der Waals surface area contributed by atoms with Crippen LogP contribution in [0.3, 0.4) is 0 Å². The normalized spacial score (nSPS) is 11.2. The second-order valence-corrected chi connectivity index (χ2v) is 7.62. The Morgan fingerprint density at radius 1 is 0.906 bits per heavy atom. The van der Waals surface area contributed by atoms with E-state index < -0.39 is 5.91 Å². The number of nitrogens with one attached hydrogen (secondary N) is 1. The number of amides is 1. The van der Waals surface area contributed by atoms with Crippen LogP contribution in [-0.2, 0) is 4.79 Å². The van der Waals surface area contributed by atoms with E-state index in [0.29, 0.717) is 17.0 Å². The first kappa shape index (κ1) is 22.7. The standard InChI is InChI=1S/C25H26N4O3/c1-16-9-17(2)11-23(10-16)32-15-25(31)29-26-14-20-13-22(7-8-24(20)30)28-27-21-6-5-18(3)19(4)12-21/h5-14,30H,15H2,1-4H3,(H,29,31). The van der Waals surface area contributed by atoms with Crippen LogP contribution >= 0.6 is 0 Å². The van der Waals surface area contributed by atoms with Gasteiger partial charge in [-0.1, -0.05) is 12.1 Å². The lowest BCUT2D eigenvalue weighted by molar-refractivity contribution is -0.123. The molecule has 0 saturated carbocycles. The number of nitrogens with zero attached hydrogens (tertiary/aromatic N) is 3. The van der Waals surface area contributed by atoms with E-state index in [2.05, 4.69) is 20.8 Å². The minimum atomic E-state index is -0.412. The van der Waals surface area contributed by atoms with E-state index in [0.717, 1.165) is 22.4 Å². The maximum Gasteiger partial charge on any atom is 0.277 e. The smallest absolute Gasteiger partial charge is 0.277 e. The number of aromatic hydroxyl groups is 1. The van der Waals surface area contributed by atoms with Crippen molar-refractivity contribution in [2.75, 3.05) is 6.61 Å².